The van der Waals surface area contributed by atoms with Crippen molar-refractivity contribution < 1.29 is 9.53 Å². The van der Waals surface area contributed by atoms with Crippen LogP contribution in [-0.4, -0.2) is 28.0 Å². The number of benzene rings is 1. The number of halogens is 1. The van der Waals surface area contributed by atoms with Gasteiger partial charge in [-0.05, 0) is 36.2 Å². The van der Waals surface area contributed by atoms with Crippen LogP contribution in [0.2, 0.25) is 5.02 Å². The van der Waals surface area contributed by atoms with Gasteiger partial charge in [0.15, 0.2) is 0 Å². The molecule has 0 unspecified atom stereocenters. The summed E-state index contributed by atoms with van der Waals surface area (Å²) in [5, 5.41) is 6.50. The van der Waals surface area contributed by atoms with E-state index in [1.165, 1.54) is 12.4 Å². The standard InChI is InChI=1S/C19H18ClN5O2/c1-12-7-16(17(27-2)8-15(12)20)25-19-23-10-14(11-24-19)18(26)22-9-13-3-5-21-6-4-13/h3-8,10-11H,9H2,1-2H3,(H,22,26)(H,23,24,25). The maximum atomic E-state index is 12.2. The molecule has 0 fully saturated rings. The first-order valence-corrected chi connectivity index (χ1v) is 8.55. The van der Waals surface area contributed by atoms with Crippen molar-refractivity contribution in [3.05, 3.63) is 70.8 Å². The number of carbonyl (C=O) groups is 1. The van der Waals surface area contributed by atoms with Crippen molar-refractivity contribution in [1.29, 1.82) is 0 Å². The molecule has 2 aromatic heterocycles. The third-order valence-corrected chi connectivity index (χ3v) is 4.25. The summed E-state index contributed by atoms with van der Waals surface area (Å²) in [6.07, 6.45) is 6.29. The molecule has 1 amide bonds. The first-order chi connectivity index (χ1) is 13.1. The molecule has 0 spiro atoms. The van der Waals surface area contributed by atoms with Gasteiger partial charge in [0.25, 0.3) is 5.91 Å². The Bertz CT molecular complexity index is 933. The maximum Gasteiger partial charge on any atom is 0.254 e. The molecule has 0 atom stereocenters. The molecule has 0 saturated carbocycles. The predicted octanol–water partition coefficient (Wildman–Crippen LogP) is 3.52. The Hall–Kier alpha value is -3.19. The summed E-state index contributed by atoms with van der Waals surface area (Å²) in [4.78, 5) is 24.5. The number of methoxy groups -OCH3 is 1. The molecule has 27 heavy (non-hydrogen) atoms. The Morgan fingerprint density at radius 1 is 1.19 bits per heavy atom. The normalized spacial score (nSPS) is 10.3. The first kappa shape index (κ1) is 18.6. The number of aromatic nitrogens is 3. The lowest BCUT2D eigenvalue weighted by Crippen LogP contribution is -2.23. The number of ether oxygens (including phenoxy) is 1. The lowest BCUT2D eigenvalue weighted by Gasteiger charge is -2.12. The smallest absolute Gasteiger partial charge is 0.254 e. The molecule has 138 valence electrons. The number of aryl methyl sites for hydroxylation is 1. The Kier molecular flexibility index (Phi) is 5.83. The lowest BCUT2D eigenvalue weighted by molar-refractivity contribution is 0.0950. The zero-order chi connectivity index (χ0) is 19.2. The van der Waals surface area contributed by atoms with Crippen LogP contribution in [0.1, 0.15) is 21.5 Å². The molecule has 8 heteroatoms. The fraction of sp³-hybridized carbons (Fsp3) is 0.158. The fourth-order valence-electron chi connectivity index (χ4n) is 2.35. The second kappa shape index (κ2) is 8.46. The molecular weight excluding hydrogens is 366 g/mol. The molecule has 3 aromatic rings. The largest absolute Gasteiger partial charge is 0.495 e. The third-order valence-electron chi connectivity index (χ3n) is 3.84. The number of pyridine rings is 1. The van der Waals surface area contributed by atoms with Gasteiger partial charge in [0.05, 0.1) is 18.4 Å². The van der Waals surface area contributed by atoms with Gasteiger partial charge in [0, 0.05) is 42.4 Å². The second-order valence-electron chi connectivity index (χ2n) is 5.76. The molecule has 7 nitrogen and oxygen atoms in total. The molecule has 0 aliphatic heterocycles. The number of amides is 1. The average Bonchev–Trinajstić information content (AvgIpc) is 2.70. The van der Waals surface area contributed by atoms with E-state index in [4.69, 9.17) is 16.3 Å². The van der Waals surface area contributed by atoms with Crippen LogP contribution >= 0.6 is 11.6 Å². The summed E-state index contributed by atoms with van der Waals surface area (Å²) in [7, 11) is 1.56. The highest BCUT2D eigenvalue weighted by atomic mass is 35.5. The minimum absolute atomic E-state index is 0.252. The molecule has 1 aromatic carbocycles. The highest BCUT2D eigenvalue weighted by molar-refractivity contribution is 6.31. The minimum atomic E-state index is -0.252. The van der Waals surface area contributed by atoms with E-state index in [1.54, 1.807) is 25.6 Å². The van der Waals surface area contributed by atoms with Crippen LogP contribution in [0.4, 0.5) is 11.6 Å². The van der Waals surface area contributed by atoms with Gasteiger partial charge in [-0.25, -0.2) is 9.97 Å². The Labute approximate surface area is 161 Å². The zero-order valence-electron chi connectivity index (χ0n) is 14.9. The molecule has 2 heterocycles. The molecule has 3 rings (SSSR count). The Morgan fingerprint density at radius 3 is 2.56 bits per heavy atom. The van der Waals surface area contributed by atoms with Gasteiger partial charge >= 0.3 is 0 Å². The number of nitrogens with zero attached hydrogens (tertiary/aromatic N) is 3. The van der Waals surface area contributed by atoms with Crippen LogP contribution in [0.5, 0.6) is 5.75 Å². The summed E-state index contributed by atoms with van der Waals surface area (Å²) < 4.78 is 5.32. The van der Waals surface area contributed by atoms with Gasteiger partial charge in [0.1, 0.15) is 5.75 Å². The molecular formula is C19H18ClN5O2. The van der Waals surface area contributed by atoms with E-state index in [0.717, 1.165) is 11.1 Å². The number of nitrogens with one attached hydrogen (secondary N) is 2. The third kappa shape index (κ3) is 4.71. The summed E-state index contributed by atoms with van der Waals surface area (Å²) in [5.74, 6) is 0.673. The predicted molar refractivity (Wildman–Crippen MR) is 103 cm³/mol. The molecule has 0 aliphatic carbocycles. The van der Waals surface area contributed by atoms with Crippen LogP contribution < -0.4 is 15.4 Å². The average molecular weight is 384 g/mol. The van der Waals surface area contributed by atoms with E-state index in [1.807, 2.05) is 25.1 Å². The van der Waals surface area contributed by atoms with Crippen molar-refractivity contribution >= 4 is 29.1 Å². The topological polar surface area (TPSA) is 89.0 Å². The fourth-order valence-corrected chi connectivity index (χ4v) is 2.50. The summed E-state index contributed by atoms with van der Waals surface area (Å²) in [6.45, 7) is 2.30. The minimum Gasteiger partial charge on any atom is -0.495 e. The molecule has 0 aliphatic rings. The van der Waals surface area contributed by atoms with Gasteiger partial charge in [-0.15, -0.1) is 0 Å². The molecule has 0 radical (unpaired) electrons. The van der Waals surface area contributed by atoms with E-state index in [0.29, 0.717) is 34.5 Å². The number of hydrogen-bond acceptors (Lipinski definition) is 6. The number of hydrogen-bond donors (Lipinski definition) is 2. The second-order valence-corrected chi connectivity index (χ2v) is 6.17. The van der Waals surface area contributed by atoms with Crippen molar-refractivity contribution in [3.8, 4) is 5.75 Å². The SMILES string of the molecule is COc1cc(Cl)c(C)cc1Nc1ncc(C(=O)NCc2ccncc2)cn1. The lowest BCUT2D eigenvalue weighted by atomic mass is 10.2. The summed E-state index contributed by atoms with van der Waals surface area (Å²) in [6, 6.07) is 7.25. The van der Waals surface area contributed by atoms with Crippen molar-refractivity contribution in [2.45, 2.75) is 13.5 Å². The number of rotatable bonds is 6. The molecule has 2 N–H and O–H groups in total. The van der Waals surface area contributed by atoms with E-state index >= 15 is 0 Å². The van der Waals surface area contributed by atoms with Gasteiger partial charge in [-0.1, -0.05) is 11.6 Å². The van der Waals surface area contributed by atoms with Crippen molar-refractivity contribution in [2.75, 3.05) is 12.4 Å². The number of anilines is 2. The Balaban J connectivity index is 1.67. The summed E-state index contributed by atoms with van der Waals surface area (Å²) in [5.41, 5.74) is 2.91. The summed E-state index contributed by atoms with van der Waals surface area (Å²) >= 11 is 6.11. The molecule has 0 bridgehead atoms. The van der Waals surface area contributed by atoms with Crippen LogP contribution in [0.15, 0.2) is 49.1 Å². The van der Waals surface area contributed by atoms with Gasteiger partial charge in [-0.2, -0.15) is 0 Å². The van der Waals surface area contributed by atoms with Gasteiger partial charge < -0.3 is 15.4 Å². The highest BCUT2D eigenvalue weighted by Crippen LogP contribution is 2.32. The van der Waals surface area contributed by atoms with Crippen LogP contribution in [0.25, 0.3) is 0 Å². The van der Waals surface area contributed by atoms with E-state index in [9.17, 15) is 4.79 Å². The van der Waals surface area contributed by atoms with E-state index in [2.05, 4.69) is 25.6 Å². The quantitative estimate of drug-likeness (QED) is 0.677. The van der Waals surface area contributed by atoms with Crippen molar-refractivity contribution in [3.63, 3.8) is 0 Å². The Morgan fingerprint density at radius 2 is 1.89 bits per heavy atom. The maximum absolute atomic E-state index is 12.2. The highest BCUT2D eigenvalue weighted by Gasteiger charge is 2.10. The zero-order valence-corrected chi connectivity index (χ0v) is 15.6. The van der Waals surface area contributed by atoms with E-state index < -0.39 is 0 Å². The van der Waals surface area contributed by atoms with Crippen LogP contribution in [0, 0.1) is 6.92 Å². The van der Waals surface area contributed by atoms with Gasteiger partial charge in [0.2, 0.25) is 5.95 Å². The first-order valence-electron chi connectivity index (χ1n) is 8.17. The van der Waals surface area contributed by atoms with E-state index in [-0.39, 0.29) is 5.91 Å². The van der Waals surface area contributed by atoms with Crippen molar-refractivity contribution in [1.82, 2.24) is 20.3 Å². The molecule has 0 saturated heterocycles. The van der Waals surface area contributed by atoms with Crippen LogP contribution in [0.3, 0.4) is 0 Å². The number of carbonyl (C=O) groups excluding carboxylic acids is 1. The van der Waals surface area contributed by atoms with Gasteiger partial charge in [-0.3, -0.25) is 9.78 Å². The monoisotopic (exact) mass is 383 g/mol. The van der Waals surface area contributed by atoms with Crippen molar-refractivity contribution in [2.24, 2.45) is 0 Å². The van der Waals surface area contributed by atoms with Crippen LogP contribution in [-0.2, 0) is 6.54 Å².